The first-order chi connectivity index (χ1) is 14.7. The maximum atomic E-state index is 10.6. The highest BCUT2D eigenvalue weighted by molar-refractivity contribution is 7.19. The summed E-state index contributed by atoms with van der Waals surface area (Å²) in [6.45, 7) is 5.69. The van der Waals surface area contributed by atoms with Crippen molar-refractivity contribution in [1.82, 2.24) is 19.6 Å². The molecule has 2 aromatic carbocycles. The summed E-state index contributed by atoms with van der Waals surface area (Å²) in [4.78, 5) is 13.7. The van der Waals surface area contributed by atoms with Crippen molar-refractivity contribution in [2.75, 3.05) is 13.1 Å². The highest BCUT2D eigenvalue weighted by Gasteiger charge is 2.26. The van der Waals surface area contributed by atoms with Crippen LogP contribution in [0.5, 0.6) is 5.75 Å². The van der Waals surface area contributed by atoms with E-state index in [1.165, 1.54) is 23.4 Å². The molecule has 0 aliphatic carbocycles. The van der Waals surface area contributed by atoms with Crippen LogP contribution in [0.2, 0.25) is 0 Å². The van der Waals surface area contributed by atoms with Gasteiger partial charge < -0.3 is 10.0 Å². The first-order valence-corrected chi connectivity index (χ1v) is 11.2. The van der Waals surface area contributed by atoms with Crippen molar-refractivity contribution in [2.45, 2.75) is 26.3 Å². The zero-order chi connectivity index (χ0) is 20.2. The molecular formula is C23H22N5OS+. The molecule has 2 N–H and O–H groups in total. The molecule has 7 heteroatoms. The van der Waals surface area contributed by atoms with Crippen molar-refractivity contribution in [2.24, 2.45) is 0 Å². The fourth-order valence-corrected chi connectivity index (χ4v) is 5.87. The van der Waals surface area contributed by atoms with Crippen molar-refractivity contribution in [3.05, 3.63) is 53.2 Å². The van der Waals surface area contributed by atoms with Gasteiger partial charge in [-0.2, -0.15) is 0 Å². The van der Waals surface area contributed by atoms with Crippen LogP contribution in [-0.2, 0) is 13.0 Å². The molecule has 5 aromatic rings. The minimum absolute atomic E-state index is 0.194. The molecule has 6 rings (SSSR count). The number of aromatic nitrogens is 4. The zero-order valence-electron chi connectivity index (χ0n) is 16.7. The minimum Gasteiger partial charge on any atom is -0.507 e. The second kappa shape index (κ2) is 6.75. The van der Waals surface area contributed by atoms with Crippen LogP contribution in [0.3, 0.4) is 0 Å². The number of hydrogen-bond donors (Lipinski definition) is 2. The molecule has 3 aromatic heterocycles. The van der Waals surface area contributed by atoms with Gasteiger partial charge in [-0.1, -0.05) is 31.2 Å². The Morgan fingerprint density at radius 2 is 2.03 bits per heavy atom. The van der Waals surface area contributed by atoms with Crippen LogP contribution in [0.15, 0.2) is 42.7 Å². The van der Waals surface area contributed by atoms with Crippen LogP contribution >= 0.6 is 11.3 Å². The number of thiophene rings is 1. The lowest BCUT2D eigenvalue weighted by atomic mass is 10.0. The van der Waals surface area contributed by atoms with Crippen LogP contribution in [0.1, 0.15) is 23.8 Å². The lowest BCUT2D eigenvalue weighted by Gasteiger charge is -2.23. The molecule has 0 spiro atoms. The zero-order valence-corrected chi connectivity index (χ0v) is 17.5. The molecular weight excluding hydrogens is 394 g/mol. The van der Waals surface area contributed by atoms with Crippen molar-refractivity contribution in [1.29, 1.82) is 0 Å². The highest BCUT2D eigenvalue weighted by Crippen LogP contribution is 2.36. The Hall–Kier alpha value is -3.03. The number of fused-ring (bicyclic) bond motifs is 6. The second-order valence-electron chi connectivity index (χ2n) is 8.03. The molecule has 0 radical (unpaired) electrons. The van der Waals surface area contributed by atoms with E-state index in [-0.39, 0.29) is 5.75 Å². The van der Waals surface area contributed by atoms with Gasteiger partial charge in [0.25, 0.3) is 0 Å². The standard InChI is InChI=1S/C23H21N5OS/c1-2-8-27-9-7-16-19(12-27)30-23-20(16)22-25-21(26-28(22)13-24-23)17-10-14-5-3-4-6-15(14)11-18(17)29/h3-6,10-11,13,29H,2,7-9,12H2,1H3/p+1. The Balaban J connectivity index is 1.52. The van der Waals surface area contributed by atoms with Gasteiger partial charge in [0.2, 0.25) is 0 Å². The Morgan fingerprint density at radius 3 is 2.87 bits per heavy atom. The van der Waals surface area contributed by atoms with E-state index in [1.807, 2.05) is 30.3 Å². The third-order valence-electron chi connectivity index (χ3n) is 6.06. The smallest absolute Gasteiger partial charge is 0.185 e. The average molecular weight is 417 g/mol. The van der Waals surface area contributed by atoms with Crippen molar-refractivity contribution < 1.29 is 10.0 Å². The molecule has 1 unspecified atom stereocenters. The summed E-state index contributed by atoms with van der Waals surface area (Å²) >= 11 is 1.79. The first kappa shape index (κ1) is 17.8. The summed E-state index contributed by atoms with van der Waals surface area (Å²) in [5, 5.41) is 18.5. The monoisotopic (exact) mass is 416 g/mol. The molecule has 0 bridgehead atoms. The summed E-state index contributed by atoms with van der Waals surface area (Å²) < 4.78 is 1.75. The maximum Gasteiger partial charge on any atom is 0.185 e. The number of quaternary nitrogens is 1. The topological polar surface area (TPSA) is 67.8 Å². The summed E-state index contributed by atoms with van der Waals surface area (Å²) in [5.41, 5.74) is 2.86. The second-order valence-corrected chi connectivity index (χ2v) is 9.11. The van der Waals surface area contributed by atoms with E-state index >= 15 is 0 Å². The summed E-state index contributed by atoms with van der Waals surface area (Å²) in [6.07, 6.45) is 4.00. The number of aromatic hydroxyl groups is 1. The quantitative estimate of drug-likeness (QED) is 0.474. The van der Waals surface area contributed by atoms with Crippen molar-refractivity contribution >= 4 is 38.0 Å². The van der Waals surface area contributed by atoms with Crippen LogP contribution in [0, 0.1) is 0 Å². The maximum absolute atomic E-state index is 10.6. The van der Waals surface area contributed by atoms with E-state index in [4.69, 9.17) is 4.98 Å². The molecule has 0 saturated heterocycles. The van der Waals surface area contributed by atoms with E-state index in [2.05, 4.69) is 17.0 Å². The fraction of sp³-hybridized carbons (Fsp3) is 0.261. The molecule has 4 heterocycles. The molecule has 0 fully saturated rings. The predicted octanol–water partition coefficient (Wildman–Crippen LogP) is 3.22. The van der Waals surface area contributed by atoms with Crippen LogP contribution in [0.4, 0.5) is 0 Å². The summed E-state index contributed by atoms with van der Waals surface area (Å²) in [7, 11) is 0. The Bertz CT molecular complexity index is 1420. The van der Waals surface area contributed by atoms with Crippen molar-refractivity contribution in [3.8, 4) is 17.1 Å². The molecule has 150 valence electrons. The van der Waals surface area contributed by atoms with E-state index in [1.54, 1.807) is 33.1 Å². The molecule has 0 saturated carbocycles. The van der Waals surface area contributed by atoms with E-state index < -0.39 is 0 Å². The number of phenols is 1. The number of nitrogens with one attached hydrogen (secondary N) is 1. The van der Waals surface area contributed by atoms with Gasteiger partial charge in [-0.25, -0.2) is 14.5 Å². The highest BCUT2D eigenvalue weighted by atomic mass is 32.1. The van der Waals surface area contributed by atoms with Gasteiger partial charge >= 0.3 is 0 Å². The summed E-state index contributed by atoms with van der Waals surface area (Å²) in [6, 6.07) is 11.7. The lowest BCUT2D eigenvalue weighted by Crippen LogP contribution is -3.11. The van der Waals surface area contributed by atoms with Gasteiger partial charge in [-0.3, -0.25) is 0 Å². The molecule has 1 aliphatic rings. The van der Waals surface area contributed by atoms with Crippen molar-refractivity contribution in [3.63, 3.8) is 0 Å². The minimum atomic E-state index is 0.194. The Labute approximate surface area is 177 Å². The van der Waals surface area contributed by atoms with Crippen LogP contribution in [0.25, 0.3) is 38.0 Å². The molecule has 1 aliphatic heterocycles. The third kappa shape index (κ3) is 2.69. The van der Waals surface area contributed by atoms with Crippen LogP contribution in [-0.4, -0.2) is 37.8 Å². The van der Waals surface area contributed by atoms with Gasteiger partial charge in [0, 0.05) is 6.42 Å². The van der Waals surface area contributed by atoms with E-state index in [9.17, 15) is 5.11 Å². The van der Waals surface area contributed by atoms with E-state index in [0.717, 1.165) is 46.1 Å². The lowest BCUT2D eigenvalue weighted by molar-refractivity contribution is -0.915. The molecule has 1 atom stereocenters. The number of phenolic OH excluding ortho intramolecular Hbond substituents is 1. The number of benzene rings is 2. The van der Waals surface area contributed by atoms with E-state index in [0.29, 0.717) is 11.4 Å². The predicted molar refractivity (Wildman–Crippen MR) is 119 cm³/mol. The Morgan fingerprint density at radius 1 is 1.20 bits per heavy atom. The van der Waals surface area contributed by atoms with Gasteiger partial charge in [0.15, 0.2) is 11.5 Å². The van der Waals surface area contributed by atoms with Gasteiger partial charge in [-0.15, -0.1) is 16.4 Å². The third-order valence-corrected chi connectivity index (χ3v) is 7.20. The number of nitrogens with zero attached hydrogens (tertiary/aromatic N) is 4. The summed E-state index contributed by atoms with van der Waals surface area (Å²) in [5.74, 6) is 0.724. The largest absolute Gasteiger partial charge is 0.507 e. The first-order valence-electron chi connectivity index (χ1n) is 10.4. The molecule has 0 amide bonds. The van der Waals surface area contributed by atoms with Crippen LogP contribution < -0.4 is 4.90 Å². The molecule has 6 nitrogen and oxygen atoms in total. The Kier molecular flexibility index (Phi) is 4.01. The fourth-order valence-electron chi connectivity index (χ4n) is 4.61. The van der Waals surface area contributed by atoms with Gasteiger partial charge in [-0.05, 0) is 34.9 Å². The SMILES string of the molecule is CCC[NH+]1CCc2c(sc3ncn4nc(-c5cc6ccccc6cc5O)nc4c23)C1. The average Bonchev–Trinajstić information content (AvgIpc) is 3.34. The van der Waals surface area contributed by atoms with Gasteiger partial charge in [0.05, 0.1) is 28.9 Å². The number of hydrogen-bond acceptors (Lipinski definition) is 5. The van der Waals surface area contributed by atoms with Gasteiger partial charge in [0.1, 0.15) is 23.5 Å². The normalized spacial score (nSPS) is 16.5. The number of rotatable bonds is 3. The molecule has 30 heavy (non-hydrogen) atoms.